The van der Waals surface area contributed by atoms with E-state index in [0.717, 1.165) is 57.1 Å². The summed E-state index contributed by atoms with van der Waals surface area (Å²) in [6, 6.07) is 4.14. The van der Waals surface area contributed by atoms with Crippen molar-refractivity contribution in [1.82, 2.24) is 0 Å². The highest BCUT2D eigenvalue weighted by Gasteiger charge is 2.28. The molecule has 3 rings (SSSR count). The summed E-state index contributed by atoms with van der Waals surface area (Å²) < 4.78 is 56.3. The van der Waals surface area contributed by atoms with Crippen molar-refractivity contribution < 1.29 is 27.5 Å². The van der Waals surface area contributed by atoms with Crippen molar-refractivity contribution in [2.75, 3.05) is 0 Å². The summed E-state index contributed by atoms with van der Waals surface area (Å²) in [6.45, 7) is 2.13. The summed E-state index contributed by atoms with van der Waals surface area (Å²) >= 11 is 0. The molecular weight excluding hydrogens is 408 g/mol. The van der Waals surface area contributed by atoms with Gasteiger partial charge in [0.1, 0.15) is 5.82 Å². The minimum atomic E-state index is -1.64. The van der Waals surface area contributed by atoms with Crippen LogP contribution < -0.4 is 0 Å². The molecule has 1 aliphatic carbocycles. The second-order valence-electron chi connectivity index (χ2n) is 8.16. The van der Waals surface area contributed by atoms with Crippen LogP contribution in [0.3, 0.4) is 0 Å². The van der Waals surface area contributed by atoms with Gasteiger partial charge in [0, 0.05) is 5.56 Å². The van der Waals surface area contributed by atoms with Gasteiger partial charge >= 0.3 is 5.97 Å². The lowest BCUT2D eigenvalue weighted by molar-refractivity contribution is 0.0692. The topological polar surface area (TPSA) is 37.3 Å². The second-order valence-corrected chi connectivity index (χ2v) is 8.16. The molecule has 0 unspecified atom stereocenters. The van der Waals surface area contributed by atoms with Crippen molar-refractivity contribution in [2.45, 2.75) is 57.8 Å². The predicted molar refractivity (Wildman–Crippen MR) is 112 cm³/mol. The fourth-order valence-electron chi connectivity index (χ4n) is 4.37. The summed E-state index contributed by atoms with van der Waals surface area (Å²) in [6.07, 6.45) is 10.9. The maximum absolute atomic E-state index is 15.2. The van der Waals surface area contributed by atoms with E-state index in [1.54, 1.807) is 0 Å². The van der Waals surface area contributed by atoms with Gasteiger partial charge in [-0.25, -0.2) is 22.4 Å². The number of allylic oxidation sites excluding steroid dienone is 2. The lowest BCUT2D eigenvalue weighted by Gasteiger charge is -2.30. The zero-order valence-corrected chi connectivity index (χ0v) is 17.4. The molecule has 1 fully saturated rings. The molecule has 1 saturated carbocycles. The highest BCUT2D eigenvalue weighted by molar-refractivity contribution is 5.90. The summed E-state index contributed by atoms with van der Waals surface area (Å²) in [7, 11) is 0. The fourth-order valence-corrected chi connectivity index (χ4v) is 4.37. The van der Waals surface area contributed by atoms with E-state index in [2.05, 4.69) is 19.1 Å². The number of unbranched alkanes of at least 4 members (excludes halogenated alkanes) is 1. The van der Waals surface area contributed by atoms with Gasteiger partial charge in [-0.2, -0.15) is 0 Å². The Morgan fingerprint density at radius 1 is 1.00 bits per heavy atom. The zero-order chi connectivity index (χ0) is 22.5. The third-order valence-corrected chi connectivity index (χ3v) is 6.06. The Kier molecular flexibility index (Phi) is 7.52. The number of hydrogen-bond acceptors (Lipinski definition) is 1. The molecule has 31 heavy (non-hydrogen) atoms. The maximum atomic E-state index is 15.2. The van der Waals surface area contributed by atoms with Gasteiger partial charge in [-0.1, -0.05) is 31.6 Å². The van der Waals surface area contributed by atoms with Gasteiger partial charge in [0.2, 0.25) is 0 Å². The third-order valence-electron chi connectivity index (χ3n) is 6.06. The van der Waals surface area contributed by atoms with Crippen LogP contribution in [0.25, 0.3) is 11.1 Å². The Balaban J connectivity index is 1.93. The van der Waals surface area contributed by atoms with Crippen LogP contribution >= 0.6 is 0 Å². The molecule has 1 aliphatic rings. The smallest absolute Gasteiger partial charge is 0.338 e. The first kappa shape index (κ1) is 23.0. The number of benzene rings is 2. The number of carbonyl (C=O) groups is 1. The van der Waals surface area contributed by atoms with Crippen LogP contribution in [0.15, 0.2) is 36.4 Å². The number of carboxylic acid groups (broad SMARTS) is 1. The summed E-state index contributed by atoms with van der Waals surface area (Å²) in [5.74, 6) is -6.60. The molecule has 0 aliphatic heterocycles. The predicted octanol–water partition coefficient (Wildman–Crippen LogP) is 7.63. The Morgan fingerprint density at radius 3 is 2.23 bits per heavy atom. The average Bonchev–Trinajstić information content (AvgIpc) is 2.74. The number of rotatable bonds is 7. The number of carboxylic acids is 1. The van der Waals surface area contributed by atoms with Crippen molar-refractivity contribution in [1.29, 1.82) is 0 Å². The highest BCUT2D eigenvalue weighted by atomic mass is 19.2. The number of aromatic carboxylic acids is 1. The molecule has 0 amide bonds. The first-order chi connectivity index (χ1) is 14.8. The normalized spacial score (nSPS) is 19.1. The summed E-state index contributed by atoms with van der Waals surface area (Å²) in [4.78, 5) is 11.4. The number of hydrogen-bond donors (Lipinski definition) is 1. The molecule has 0 bridgehead atoms. The molecule has 2 aromatic rings. The van der Waals surface area contributed by atoms with Gasteiger partial charge in [-0.3, -0.25) is 0 Å². The van der Waals surface area contributed by atoms with Crippen LogP contribution in [0.1, 0.15) is 73.7 Å². The molecule has 6 heteroatoms. The van der Waals surface area contributed by atoms with Crippen LogP contribution in [0.4, 0.5) is 17.6 Å². The van der Waals surface area contributed by atoms with Crippen LogP contribution in [-0.4, -0.2) is 11.1 Å². The molecule has 0 spiro atoms. The Morgan fingerprint density at radius 2 is 1.65 bits per heavy atom. The monoisotopic (exact) mass is 434 g/mol. The maximum Gasteiger partial charge on any atom is 0.338 e. The molecule has 0 heterocycles. The zero-order valence-electron chi connectivity index (χ0n) is 17.4. The summed E-state index contributed by atoms with van der Waals surface area (Å²) in [5, 5.41) is 9.29. The van der Waals surface area contributed by atoms with Gasteiger partial charge < -0.3 is 5.11 Å². The third kappa shape index (κ3) is 5.17. The minimum absolute atomic E-state index is 0.0700. The van der Waals surface area contributed by atoms with E-state index < -0.39 is 34.8 Å². The van der Waals surface area contributed by atoms with E-state index >= 15 is 4.39 Å². The van der Waals surface area contributed by atoms with Crippen LogP contribution in [0.2, 0.25) is 0 Å². The van der Waals surface area contributed by atoms with E-state index in [-0.39, 0.29) is 17.0 Å². The van der Waals surface area contributed by atoms with Gasteiger partial charge in [0.15, 0.2) is 17.5 Å². The second kappa shape index (κ2) is 10.1. The molecule has 0 saturated heterocycles. The lowest BCUT2D eigenvalue weighted by Crippen LogP contribution is -2.15. The van der Waals surface area contributed by atoms with Gasteiger partial charge in [-0.05, 0) is 79.7 Å². The summed E-state index contributed by atoms with van der Waals surface area (Å²) in [5.41, 5.74) is -0.438. The molecule has 0 aromatic heterocycles. The molecule has 2 nitrogen and oxygen atoms in total. The van der Waals surface area contributed by atoms with E-state index in [9.17, 15) is 23.1 Å². The molecule has 1 N–H and O–H groups in total. The van der Waals surface area contributed by atoms with E-state index in [0.29, 0.717) is 11.5 Å². The fraction of sp³-hybridized carbons (Fsp3) is 0.400. The van der Waals surface area contributed by atoms with Gasteiger partial charge in [0.05, 0.1) is 5.56 Å². The van der Waals surface area contributed by atoms with Crippen molar-refractivity contribution in [3.63, 3.8) is 0 Å². The minimum Gasteiger partial charge on any atom is -0.478 e. The average molecular weight is 434 g/mol. The van der Waals surface area contributed by atoms with Crippen molar-refractivity contribution in [3.8, 4) is 11.1 Å². The van der Waals surface area contributed by atoms with Crippen molar-refractivity contribution in [2.24, 2.45) is 5.92 Å². The van der Waals surface area contributed by atoms with E-state index in [1.165, 1.54) is 12.1 Å². The van der Waals surface area contributed by atoms with Gasteiger partial charge in [-0.15, -0.1) is 0 Å². The van der Waals surface area contributed by atoms with Crippen LogP contribution in [0, 0.1) is 29.2 Å². The van der Waals surface area contributed by atoms with E-state index in [1.807, 2.05) is 0 Å². The first-order valence-corrected chi connectivity index (χ1v) is 10.7. The van der Waals surface area contributed by atoms with Crippen molar-refractivity contribution in [3.05, 3.63) is 70.8 Å². The van der Waals surface area contributed by atoms with Crippen molar-refractivity contribution >= 4 is 5.97 Å². The first-order valence-electron chi connectivity index (χ1n) is 10.7. The van der Waals surface area contributed by atoms with Crippen LogP contribution in [-0.2, 0) is 0 Å². The highest BCUT2D eigenvalue weighted by Crippen LogP contribution is 2.43. The van der Waals surface area contributed by atoms with Gasteiger partial charge in [0.25, 0.3) is 0 Å². The largest absolute Gasteiger partial charge is 0.478 e. The molecule has 2 aromatic carbocycles. The SMILES string of the molecule is CCC/C=C/C[C@H]1CC[C@H](c2ccc(C(=O)O)c(F)c2-c2cc(F)c(F)c(F)c2)CC1. The molecule has 0 atom stereocenters. The lowest BCUT2D eigenvalue weighted by atomic mass is 9.75. The quantitative estimate of drug-likeness (QED) is 0.276. The standard InChI is InChI=1S/C25H26F4O2/c1-2-3-4-5-6-15-7-9-16(10-8-15)18-11-12-19(25(30)31)23(28)22(18)17-13-20(26)24(29)21(27)14-17/h4-5,11-16H,2-3,6-10H2,1H3,(H,30,31)/b5-4+/t15-,16-. The Bertz CT molecular complexity index is 953. The Labute approximate surface area is 179 Å². The Hall–Kier alpha value is -2.63. The molecular formula is C25H26F4O2. The number of halogens is 4. The van der Waals surface area contributed by atoms with E-state index in [4.69, 9.17) is 0 Å². The van der Waals surface area contributed by atoms with Crippen LogP contribution in [0.5, 0.6) is 0 Å². The molecule has 0 radical (unpaired) electrons. The molecule has 166 valence electrons.